The molecule has 2 rings (SSSR count). The summed E-state index contributed by atoms with van der Waals surface area (Å²) in [5.74, 6) is 1.03. The van der Waals surface area contributed by atoms with Gasteiger partial charge in [-0.05, 0) is 31.6 Å². The molecule has 2 fully saturated rings. The number of amides is 1. The van der Waals surface area contributed by atoms with Crippen molar-refractivity contribution in [3.8, 4) is 0 Å². The van der Waals surface area contributed by atoms with Crippen molar-refractivity contribution >= 4 is 5.91 Å². The van der Waals surface area contributed by atoms with Crippen molar-refractivity contribution in [2.75, 3.05) is 13.6 Å². The molecule has 1 aliphatic carbocycles. The molecule has 1 amide bonds. The van der Waals surface area contributed by atoms with Crippen LogP contribution in [0.15, 0.2) is 0 Å². The van der Waals surface area contributed by atoms with E-state index >= 15 is 0 Å². The zero-order chi connectivity index (χ0) is 9.42. The minimum Gasteiger partial charge on any atom is -0.345 e. The first-order valence-corrected chi connectivity index (χ1v) is 5.20. The van der Waals surface area contributed by atoms with Crippen LogP contribution in [0.25, 0.3) is 0 Å². The Morgan fingerprint density at radius 1 is 1.46 bits per heavy atom. The molecule has 0 radical (unpaired) electrons. The van der Waals surface area contributed by atoms with Crippen molar-refractivity contribution in [3.63, 3.8) is 0 Å². The van der Waals surface area contributed by atoms with Crippen LogP contribution < -0.4 is 5.73 Å². The average molecular weight is 182 g/mol. The maximum atomic E-state index is 11.7. The maximum absolute atomic E-state index is 11.7. The van der Waals surface area contributed by atoms with Crippen LogP contribution in [0, 0.1) is 11.8 Å². The second kappa shape index (κ2) is 3.29. The lowest BCUT2D eigenvalue weighted by Crippen LogP contribution is -2.47. The molecule has 0 aromatic heterocycles. The highest BCUT2D eigenvalue weighted by molar-refractivity contribution is 5.80. The summed E-state index contributed by atoms with van der Waals surface area (Å²) in [4.78, 5) is 13.6. The summed E-state index contributed by atoms with van der Waals surface area (Å²) in [6.45, 7) is 0.909. The minimum absolute atomic E-state index is 0.117. The average Bonchev–Trinajstić information content (AvgIpc) is 2.91. The van der Waals surface area contributed by atoms with E-state index in [9.17, 15) is 4.79 Å². The van der Waals surface area contributed by atoms with Crippen LogP contribution >= 0.6 is 0 Å². The van der Waals surface area contributed by atoms with Crippen molar-refractivity contribution in [3.05, 3.63) is 0 Å². The number of likely N-dealkylation sites (tertiary alicyclic amines) is 1. The Morgan fingerprint density at radius 2 is 2.15 bits per heavy atom. The highest BCUT2D eigenvalue weighted by atomic mass is 16.2. The molecule has 74 valence electrons. The highest BCUT2D eigenvalue weighted by Gasteiger charge is 2.39. The van der Waals surface area contributed by atoms with Gasteiger partial charge in [-0.15, -0.1) is 0 Å². The molecule has 2 aliphatic rings. The fourth-order valence-corrected chi connectivity index (χ4v) is 2.23. The van der Waals surface area contributed by atoms with Crippen molar-refractivity contribution in [1.82, 2.24) is 4.90 Å². The summed E-state index contributed by atoms with van der Waals surface area (Å²) in [5.41, 5.74) is 6.06. The van der Waals surface area contributed by atoms with E-state index in [0.29, 0.717) is 5.92 Å². The number of carbonyl (C=O) groups excluding carboxylic acids is 1. The molecule has 1 heterocycles. The molecule has 2 unspecified atom stereocenters. The van der Waals surface area contributed by atoms with Gasteiger partial charge in [0.2, 0.25) is 5.91 Å². The number of nitrogens with two attached hydrogens (primary N) is 1. The van der Waals surface area contributed by atoms with Crippen LogP contribution in [-0.2, 0) is 4.79 Å². The predicted octanol–water partition coefficient (Wildman–Crippen LogP) is 0.592. The molecule has 0 spiro atoms. The molecule has 2 atom stereocenters. The fourth-order valence-electron chi connectivity index (χ4n) is 2.23. The third-order valence-corrected chi connectivity index (χ3v) is 3.33. The number of carbonyl (C=O) groups is 1. The Balaban J connectivity index is 1.99. The smallest absolute Gasteiger partial charge is 0.226 e. The van der Waals surface area contributed by atoms with E-state index in [1.807, 2.05) is 11.9 Å². The van der Waals surface area contributed by atoms with Gasteiger partial charge in [0.1, 0.15) is 0 Å². The Kier molecular flexibility index (Phi) is 2.28. The highest BCUT2D eigenvalue weighted by Crippen LogP contribution is 2.37. The molecular formula is C10H18N2O. The van der Waals surface area contributed by atoms with Crippen molar-refractivity contribution < 1.29 is 4.79 Å². The molecule has 1 saturated heterocycles. The molecule has 13 heavy (non-hydrogen) atoms. The number of hydrogen-bond acceptors (Lipinski definition) is 2. The molecule has 3 heteroatoms. The van der Waals surface area contributed by atoms with Gasteiger partial charge in [0.05, 0.1) is 5.92 Å². The van der Waals surface area contributed by atoms with Gasteiger partial charge in [-0.3, -0.25) is 4.79 Å². The Labute approximate surface area is 79.3 Å². The summed E-state index contributed by atoms with van der Waals surface area (Å²) < 4.78 is 0. The van der Waals surface area contributed by atoms with Crippen LogP contribution in [-0.4, -0.2) is 30.4 Å². The topological polar surface area (TPSA) is 46.3 Å². The number of hydrogen-bond donors (Lipinski definition) is 1. The Morgan fingerprint density at radius 3 is 2.77 bits per heavy atom. The summed E-state index contributed by atoms with van der Waals surface area (Å²) in [6.07, 6.45) is 4.58. The maximum Gasteiger partial charge on any atom is 0.226 e. The third kappa shape index (κ3) is 1.70. The molecule has 0 bridgehead atoms. The first-order chi connectivity index (χ1) is 6.20. The van der Waals surface area contributed by atoms with Gasteiger partial charge in [0.25, 0.3) is 0 Å². The number of nitrogens with zero attached hydrogens (tertiary/aromatic N) is 1. The van der Waals surface area contributed by atoms with Gasteiger partial charge in [-0.1, -0.05) is 0 Å². The van der Waals surface area contributed by atoms with Crippen LogP contribution in [0.2, 0.25) is 0 Å². The summed E-state index contributed by atoms with van der Waals surface area (Å²) in [6, 6.07) is 0.134. The second-order valence-corrected chi connectivity index (χ2v) is 4.42. The van der Waals surface area contributed by atoms with Crippen LogP contribution in [0.4, 0.5) is 0 Å². The molecule has 0 aromatic rings. The van der Waals surface area contributed by atoms with Crippen LogP contribution in [0.1, 0.15) is 25.7 Å². The molecule has 1 saturated carbocycles. The standard InChI is InChI=1S/C10H18N2O/c1-12-6-2-3-8(10(12)13)9(11)7-4-5-7/h7-9H,2-6,11H2,1H3. The zero-order valence-electron chi connectivity index (χ0n) is 8.20. The van der Waals surface area contributed by atoms with E-state index in [2.05, 4.69) is 0 Å². The van der Waals surface area contributed by atoms with Gasteiger partial charge >= 0.3 is 0 Å². The van der Waals surface area contributed by atoms with E-state index in [-0.39, 0.29) is 17.9 Å². The largest absolute Gasteiger partial charge is 0.345 e. The van der Waals surface area contributed by atoms with Crippen molar-refractivity contribution in [2.45, 2.75) is 31.7 Å². The van der Waals surface area contributed by atoms with Crippen molar-refractivity contribution in [2.24, 2.45) is 17.6 Å². The fraction of sp³-hybridized carbons (Fsp3) is 0.900. The number of piperidine rings is 1. The Hall–Kier alpha value is -0.570. The molecule has 2 N–H and O–H groups in total. The lowest BCUT2D eigenvalue weighted by molar-refractivity contribution is -0.137. The minimum atomic E-state index is 0.117. The molecule has 3 nitrogen and oxygen atoms in total. The normalized spacial score (nSPS) is 32.0. The van der Waals surface area contributed by atoms with Gasteiger partial charge in [0.15, 0.2) is 0 Å². The lowest BCUT2D eigenvalue weighted by atomic mass is 9.88. The molecule has 1 aliphatic heterocycles. The quantitative estimate of drug-likeness (QED) is 0.679. The first-order valence-electron chi connectivity index (χ1n) is 5.20. The summed E-state index contributed by atoms with van der Waals surface area (Å²) >= 11 is 0. The van der Waals surface area contributed by atoms with E-state index < -0.39 is 0 Å². The van der Waals surface area contributed by atoms with E-state index in [1.165, 1.54) is 12.8 Å². The van der Waals surface area contributed by atoms with E-state index in [0.717, 1.165) is 19.4 Å². The van der Waals surface area contributed by atoms with E-state index in [1.54, 1.807) is 0 Å². The summed E-state index contributed by atoms with van der Waals surface area (Å²) in [7, 11) is 1.88. The van der Waals surface area contributed by atoms with Crippen LogP contribution in [0.5, 0.6) is 0 Å². The number of rotatable bonds is 2. The monoisotopic (exact) mass is 182 g/mol. The van der Waals surface area contributed by atoms with Gasteiger partial charge < -0.3 is 10.6 Å². The zero-order valence-corrected chi connectivity index (χ0v) is 8.20. The van der Waals surface area contributed by atoms with Gasteiger partial charge in [-0.25, -0.2) is 0 Å². The predicted molar refractivity (Wildman–Crippen MR) is 51.1 cm³/mol. The lowest BCUT2D eigenvalue weighted by Gasteiger charge is -2.32. The SMILES string of the molecule is CN1CCCC(C(N)C2CC2)C1=O. The van der Waals surface area contributed by atoms with Crippen LogP contribution in [0.3, 0.4) is 0 Å². The van der Waals surface area contributed by atoms with Gasteiger partial charge in [-0.2, -0.15) is 0 Å². The second-order valence-electron chi connectivity index (χ2n) is 4.42. The third-order valence-electron chi connectivity index (χ3n) is 3.33. The van der Waals surface area contributed by atoms with Crippen molar-refractivity contribution in [1.29, 1.82) is 0 Å². The molecular weight excluding hydrogens is 164 g/mol. The summed E-state index contributed by atoms with van der Waals surface area (Å²) in [5, 5.41) is 0. The first kappa shape index (κ1) is 9.00. The van der Waals surface area contributed by atoms with E-state index in [4.69, 9.17) is 5.73 Å². The van der Waals surface area contributed by atoms with Gasteiger partial charge in [0, 0.05) is 19.6 Å². The Bertz CT molecular complexity index is 213. The molecule has 0 aromatic carbocycles.